The maximum Gasteiger partial charge on any atom is 0.324 e. The van der Waals surface area contributed by atoms with E-state index in [0.717, 1.165) is 23.3 Å². The summed E-state index contributed by atoms with van der Waals surface area (Å²) in [7, 11) is 1.59. The first kappa shape index (κ1) is 24.5. The van der Waals surface area contributed by atoms with Crippen LogP contribution >= 0.6 is 11.6 Å². The van der Waals surface area contributed by atoms with Crippen LogP contribution in [0.25, 0.3) is 0 Å². The van der Waals surface area contributed by atoms with Gasteiger partial charge in [-0.2, -0.15) is 0 Å². The number of hydrogen-bond acceptors (Lipinski definition) is 3. The Bertz CT molecular complexity index is 1230. The van der Waals surface area contributed by atoms with Gasteiger partial charge in [-0.05, 0) is 72.5 Å². The lowest BCUT2D eigenvalue weighted by Gasteiger charge is -2.36. The molecule has 0 spiro atoms. The van der Waals surface area contributed by atoms with Gasteiger partial charge in [0.05, 0.1) is 24.9 Å². The topological polar surface area (TPSA) is 61.9 Å². The molecule has 1 aliphatic heterocycles. The molecule has 1 saturated heterocycles. The first-order valence-electron chi connectivity index (χ1n) is 11.4. The summed E-state index contributed by atoms with van der Waals surface area (Å²) in [4.78, 5) is 29.5. The molecule has 0 aliphatic carbocycles. The smallest absolute Gasteiger partial charge is 0.324 e. The van der Waals surface area contributed by atoms with Crippen LogP contribution in [0.4, 0.5) is 20.6 Å². The van der Waals surface area contributed by atoms with Crippen LogP contribution in [0.15, 0.2) is 60.7 Å². The number of rotatable bonds is 7. The van der Waals surface area contributed by atoms with Crippen LogP contribution < -0.4 is 15.0 Å². The number of methoxy groups -OCH3 is 1. The molecule has 0 aromatic heterocycles. The number of carbonyl (C=O) groups excluding carboxylic acids is 2. The Labute approximate surface area is 209 Å². The number of aryl methyl sites for hydroxylation is 1. The summed E-state index contributed by atoms with van der Waals surface area (Å²) in [6, 6.07) is 16.8. The van der Waals surface area contributed by atoms with E-state index >= 15 is 0 Å². The number of urea groups is 1. The Morgan fingerprint density at radius 3 is 2.60 bits per heavy atom. The monoisotopic (exact) mass is 495 g/mol. The second-order valence-corrected chi connectivity index (χ2v) is 8.95. The van der Waals surface area contributed by atoms with Crippen molar-refractivity contribution >= 4 is 34.9 Å². The van der Waals surface area contributed by atoms with Crippen LogP contribution in [-0.4, -0.2) is 37.0 Å². The van der Waals surface area contributed by atoms with E-state index in [-0.39, 0.29) is 24.9 Å². The minimum absolute atomic E-state index is 0.185. The average Bonchev–Trinajstić information content (AvgIpc) is 2.83. The van der Waals surface area contributed by atoms with E-state index in [2.05, 4.69) is 5.32 Å². The molecule has 35 heavy (non-hydrogen) atoms. The number of nitrogens with one attached hydrogen (secondary N) is 1. The van der Waals surface area contributed by atoms with Gasteiger partial charge in [0.2, 0.25) is 5.91 Å². The van der Waals surface area contributed by atoms with Gasteiger partial charge >= 0.3 is 6.03 Å². The van der Waals surface area contributed by atoms with Crippen LogP contribution in [0.3, 0.4) is 0 Å². The lowest BCUT2D eigenvalue weighted by molar-refractivity contribution is -0.115. The first-order valence-corrected chi connectivity index (χ1v) is 11.8. The third kappa shape index (κ3) is 5.92. The predicted octanol–water partition coefficient (Wildman–Crippen LogP) is 5.81. The fourth-order valence-corrected chi connectivity index (χ4v) is 4.31. The van der Waals surface area contributed by atoms with Crippen molar-refractivity contribution in [3.63, 3.8) is 0 Å². The molecule has 3 amide bonds. The summed E-state index contributed by atoms with van der Waals surface area (Å²) in [5.74, 6) is 0.142. The van der Waals surface area contributed by atoms with E-state index in [1.54, 1.807) is 16.9 Å². The molecule has 182 valence electrons. The third-order valence-electron chi connectivity index (χ3n) is 5.92. The maximum atomic E-state index is 13.7. The van der Waals surface area contributed by atoms with Crippen LogP contribution in [0.2, 0.25) is 5.02 Å². The molecule has 8 heteroatoms. The minimum atomic E-state index is -0.397. The molecule has 1 heterocycles. The van der Waals surface area contributed by atoms with Crippen molar-refractivity contribution in [3.8, 4) is 5.75 Å². The van der Waals surface area contributed by atoms with Gasteiger partial charge in [0.25, 0.3) is 0 Å². The second kappa shape index (κ2) is 10.8. The number of anilines is 2. The van der Waals surface area contributed by atoms with Crippen molar-refractivity contribution in [2.75, 3.05) is 30.4 Å². The summed E-state index contributed by atoms with van der Waals surface area (Å²) in [5, 5.41) is 3.39. The first-order chi connectivity index (χ1) is 16.8. The van der Waals surface area contributed by atoms with Crippen LogP contribution in [-0.2, 0) is 17.8 Å². The van der Waals surface area contributed by atoms with Gasteiger partial charge in [0.1, 0.15) is 11.6 Å². The maximum absolute atomic E-state index is 13.7. The Kier molecular flexibility index (Phi) is 7.56. The average molecular weight is 496 g/mol. The van der Waals surface area contributed by atoms with Crippen molar-refractivity contribution in [2.24, 2.45) is 0 Å². The highest BCUT2D eigenvalue weighted by Crippen LogP contribution is 2.31. The van der Waals surface area contributed by atoms with Crippen molar-refractivity contribution in [3.05, 3.63) is 88.2 Å². The van der Waals surface area contributed by atoms with Crippen LogP contribution in [0, 0.1) is 12.7 Å². The molecule has 1 N–H and O–H groups in total. The van der Waals surface area contributed by atoms with E-state index in [9.17, 15) is 14.0 Å². The van der Waals surface area contributed by atoms with Crippen molar-refractivity contribution in [1.29, 1.82) is 0 Å². The zero-order chi connectivity index (χ0) is 24.9. The number of halogens is 2. The van der Waals surface area contributed by atoms with E-state index in [1.165, 1.54) is 18.2 Å². The molecular weight excluding hydrogens is 469 g/mol. The number of nitrogens with zero attached hydrogens (tertiary/aromatic N) is 2. The number of carbonyl (C=O) groups is 2. The van der Waals surface area contributed by atoms with E-state index in [0.29, 0.717) is 35.1 Å². The van der Waals surface area contributed by atoms with Crippen LogP contribution in [0.1, 0.15) is 23.1 Å². The minimum Gasteiger partial charge on any atom is -0.497 e. The van der Waals surface area contributed by atoms with E-state index < -0.39 is 5.82 Å². The number of amides is 3. The SMILES string of the molecule is COc1ccc(CC(=O)Nc2cc(C)ccc2N2CCCN(Cc3cc(F)ccc3Cl)C2=O)cc1. The van der Waals surface area contributed by atoms with Crippen molar-refractivity contribution < 1.29 is 18.7 Å². The summed E-state index contributed by atoms with van der Waals surface area (Å²) in [5.41, 5.74) is 3.56. The summed E-state index contributed by atoms with van der Waals surface area (Å²) in [6.07, 6.45) is 0.918. The van der Waals surface area contributed by atoms with Gasteiger partial charge in [-0.1, -0.05) is 29.8 Å². The zero-order valence-corrected chi connectivity index (χ0v) is 20.4. The Balaban J connectivity index is 1.52. The molecule has 0 atom stereocenters. The molecule has 0 bridgehead atoms. The largest absolute Gasteiger partial charge is 0.497 e. The van der Waals surface area contributed by atoms with E-state index in [1.807, 2.05) is 49.4 Å². The fourth-order valence-electron chi connectivity index (χ4n) is 4.13. The van der Waals surface area contributed by atoms with Gasteiger partial charge in [0, 0.05) is 24.7 Å². The normalized spacial score (nSPS) is 13.7. The number of ether oxygens (including phenoxy) is 1. The highest BCUT2D eigenvalue weighted by Gasteiger charge is 2.29. The summed E-state index contributed by atoms with van der Waals surface area (Å²) < 4.78 is 18.9. The molecule has 0 saturated carbocycles. The highest BCUT2D eigenvalue weighted by molar-refractivity contribution is 6.31. The highest BCUT2D eigenvalue weighted by atomic mass is 35.5. The van der Waals surface area contributed by atoms with Gasteiger partial charge in [-0.15, -0.1) is 0 Å². The van der Waals surface area contributed by atoms with Gasteiger partial charge in [-0.3, -0.25) is 9.69 Å². The number of hydrogen-bond donors (Lipinski definition) is 1. The lowest BCUT2D eigenvalue weighted by Crippen LogP contribution is -2.49. The van der Waals surface area contributed by atoms with Gasteiger partial charge in [0.15, 0.2) is 0 Å². The summed E-state index contributed by atoms with van der Waals surface area (Å²) >= 11 is 6.23. The summed E-state index contributed by atoms with van der Waals surface area (Å²) in [6.45, 7) is 3.18. The third-order valence-corrected chi connectivity index (χ3v) is 6.29. The molecule has 1 aliphatic rings. The molecule has 3 aromatic rings. The lowest BCUT2D eigenvalue weighted by atomic mass is 10.1. The number of benzene rings is 3. The zero-order valence-electron chi connectivity index (χ0n) is 19.7. The molecule has 0 unspecified atom stereocenters. The molecule has 3 aromatic carbocycles. The molecule has 0 radical (unpaired) electrons. The molecule has 1 fully saturated rings. The fraction of sp³-hybridized carbons (Fsp3) is 0.259. The Morgan fingerprint density at radius 2 is 1.86 bits per heavy atom. The molecule has 4 rings (SSSR count). The standard InChI is InChI=1S/C27H27ClFN3O3/c1-18-4-11-25(24(14-18)30-26(33)15-19-5-8-22(35-2)9-6-19)32-13-3-12-31(27(32)34)17-20-16-21(29)7-10-23(20)28/h4-11,14,16H,3,12-13,15,17H2,1-2H3,(H,30,33). The predicted molar refractivity (Wildman–Crippen MR) is 136 cm³/mol. The Hall–Kier alpha value is -3.58. The van der Waals surface area contributed by atoms with Crippen molar-refractivity contribution in [1.82, 2.24) is 4.90 Å². The van der Waals surface area contributed by atoms with Crippen LogP contribution in [0.5, 0.6) is 5.75 Å². The molecular formula is C27H27ClFN3O3. The van der Waals surface area contributed by atoms with Gasteiger partial charge < -0.3 is 15.0 Å². The van der Waals surface area contributed by atoms with Gasteiger partial charge in [-0.25, -0.2) is 9.18 Å². The van der Waals surface area contributed by atoms with Crippen molar-refractivity contribution in [2.45, 2.75) is 26.3 Å². The molecule has 6 nitrogen and oxygen atoms in total. The van der Waals surface area contributed by atoms with E-state index in [4.69, 9.17) is 16.3 Å². The Morgan fingerprint density at radius 1 is 1.09 bits per heavy atom. The second-order valence-electron chi connectivity index (χ2n) is 8.54. The quantitative estimate of drug-likeness (QED) is 0.450.